The van der Waals surface area contributed by atoms with Gasteiger partial charge in [-0.2, -0.15) is 0 Å². The molecule has 0 radical (unpaired) electrons. The highest BCUT2D eigenvalue weighted by molar-refractivity contribution is 7.16. The Kier molecular flexibility index (Phi) is 3.45. The van der Waals surface area contributed by atoms with Crippen LogP contribution in [0.15, 0.2) is 35.0 Å². The molecule has 4 heterocycles. The number of rotatable bonds is 3. The third kappa shape index (κ3) is 2.65. The number of aromatic nitrogens is 4. The molecule has 1 aliphatic rings. The molecule has 0 bridgehead atoms. The molecule has 0 spiro atoms. The largest absolute Gasteiger partial charge is 0.350 e. The quantitative estimate of drug-likeness (QED) is 0.770. The van der Waals surface area contributed by atoms with Gasteiger partial charge in [0.05, 0.1) is 11.7 Å². The molecular formula is C15H15N5O2S. The molecule has 1 N–H and O–H groups in total. The van der Waals surface area contributed by atoms with Crippen LogP contribution in [-0.2, 0) is 24.3 Å². The number of thiophene rings is 1. The first kappa shape index (κ1) is 14.1. The monoisotopic (exact) mass is 329 g/mol. The van der Waals surface area contributed by atoms with E-state index in [4.69, 9.17) is 0 Å². The summed E-state index contributed by atoms with van der Waals surface area (Å²) in [5.74, 6) is 0.885. The third-order valence-corrected chi connectivity index (χ3v) is 4.89. The fourth-order valence-corrected chi connectivity index (χ4v) is 3.64. The smallest absolute Gasteiger partial charge is 0.262 e. The van der Waals surface area contributed by atoms with Crippen LogP contribution < -0.4 is 10.9 Å². The highest BCUT2D eigenvalue weighted by Crippen LogP contribution is 2.14. The SMILES string of the molecule is O=C(Cn1cnc2sccc2c1=O)N[C@@H]1CCc2nccn2C1. The van der Waals surface area contributed by atoms with E-state index in [9.17, 15) is 9.59 Å². The lowest BCUT2D eigenvalue weighted by Crippen LogP contribution is -2.43. The molecule has 0 unspecified atom stereocenters. The number of hydrogen-bond donors (Lipinski definition) is 1. The molecule has 0 aromatic carbocycles. The molecule has 1 aliphatic heterocycles. The Morgan fingerprint density at radius 3 is 3.26 bits per heavy atom. The lowest BCUT2D eigenvalue weighted by molar-refractivity contribution is -0.122. The van der Waals surface area contributed by atoms with Gasteiger partial charge in [-0.3, -0.25) is 14.2 Å². The zero-order valence-corrected chi connectivity index (χ0v) is 13.1. The van der Waals surface area contributed by atoms with Crippen LogP contribution in [0.5, 0.6) is 0 Å². The van der Waals surface area contributed by atoms with E-state index >= 15 is 0 Å². The van der Waals surface area contributed by atoms with Crippen LogP contribution in [0, 0.1) is 0 Å². The Hall–Kier alpha value is -2.48. The lowest BCUT2D eigenvalue weighted by atomic mass is 10.1. The Bertz CT molecular complexity index is 925. The van der Waals surface area contributed by atoms with Crippen LogP contribution in [0.3, 0.4) is 0 Å². The van der Waals surface area contributed by atoms with Gasteiger partial charge in [-0.15, -0.1) is 11.3 Å². The summed E-state index contributed by atoms with van der Waals surface area (Å²) in [6.45, 7) is 0.711. The van der Waals surface area contributed by atoms with Gasteiger partial charge >= 0.3 is 0 Å². The Morgan fingerprint density at radius 1 is 1.43 bits per heavy atom. The van der Waals surface area contributed by atoms with E-state index in [1.165, 1.54) is 22.2 Å². The second kappa shape index (κ2) is 5.62. The summed E-state index contributed by atoms with van der Waals surface area (Å²) in [6, 6.07) is 1.81. The molecule has 3 aromatic heterocycles. The maximum absolute atomic E-state index is 12.3. The maximum Gasteiger partial charge on any atom is 0.262 e. The van der Waals surface area contributed by atoms with Gasteiger partial charge in [0, 0.05) is 31.4 Å². The van der Waals surface area contributed by atoms with E-state index < -0.39 is 0 Å². The summed E-state index contributed by atoms with van der Waals surface area (Å²) in [4.78, 5) is 33.7. The minimum atomic E-state index is -0.174. The van der Waals surface area contributed by atoms with Crippen molar-refractivity contribution >= 4 is 27.5 Å². The number of imidazole rings is 1. The van der Waals surface area contributed by atoms with Crippen LogP contribution in [-0.4, -0.2) is 31.1 Å². The first-order valence-electron chi connectivity index (χ1n) is 7.43. The van der Waals surface area contributed by atoms with E-state index in [1.54, 1.807) is 12.3 Å². The molecule has 0 fully saturated rings. The van der Waals surface area contributed by atoms with Gasteiger partial charge in [-0.25, -0.2) is 9.97 Å². The molecule has 23 heavy (non-hydrogen) atoms. The average Bonchev–Trinajstić information content (AvgIpc) is 3.18. The summed E-state index contributed by atoms with van der Waals surface area (Å²) in [5, 5.41) is 5.38. The molecule has 3 aromatic rings. The first-order chi connectivity index (χ1) is 11.2. The number of amides is 1. The average molecular weight is 329 g/mol. The van der Waals surface area contributed by atoms with Crippen LogP contribution in [0.1, 0.15) is 12.2 Å². The molecule has 0 saturated carbocycles. The molecule has 0 saturated heterocycles. The second-order valence-corrected chi connectivity index (χ2v) is 6.51. The Labute approximate surface area is 135 Å². The van der Waals surface area contributed by atoms with Gasteiger partial charge in [0.25, 0.3) is 5.56 Å². The number of carbonyl (C=O) groups excluding carboxylic acids is 1. The van der Waals surface area contributed by atoms with Crippen molar-refractivity contribution in [2.75, 3.05) is 0 Å². The molecule has 1 amide bonds. The zero-order chi connectivity index (χ0) is 15.8. The van der Waals surface area contributed by atoms with Crippen LogP contribution in [0.2, 0.25) is 0 Å². The fraction of sp³-hybridized carbons (Fsp3) is 0.333. The van der Waals surface area contributed by atoms with Crippen LogP contribution >= 0.6 is 11.3 Å². The third-order valence-electron chi connectivity index (χ3n) is 4.06. The minimum Gasteiger partial charge on any atom is -0.350 e. The summed E-state index contributed by atoms with van der Waals surface area (Å²) in [6.07, 6.45) is 6.85. The van der Waals surface area contributed by atoms with Crippen molar-refractivity contribution in [2.24, 2.45) is 0 Å². The van der Waals surface area contributed by atoms with E-state index in [0.717, 1.165) is 25.2 Å². The minimum absolute atomic E-state index is 0.00902. The summed E-state index contributed by atoms with van der Waals surface area (Å²) in [7, 11) is 0. The van der Waals surface area contributed by atoms with E-state index in [1.807, 2.05) is 11.6 Å². The normalized spacial score (nSPS) is 17.1. The first-order valence-corrected chi connectivity index (χ1v) is 8.31. The van der Waals surface area contributed by atoms with Crippen molar-refractivity contribution in [1.82, 2.24) is 24.4 Å². The molecular weight excluding hydrogens is 314 g/mol. The number of nitrogens with zero attached hydrogens (tertiary/aromatic N) is 4. The number of carbonyl (C=O) groups is 1. The maximum atomic E-state index is 12.3. The zero-order valence-electron chi connectivity index (χ0n) is 12.3. The van der Waals surface area contributed by atoms with Crippen molar-refractivity contribution in [3.05, 3.63) is 46.3 Å². The van der Waals surface area contributed by atoms with Crippen molar-refractivity contribution in [3.63, 3.8) is 0 Å². The van der Waals surface area contributed by atoms with Gasteiger partial charge in [-0.1, -0.05) is 0 Å². The predicted octanol–water partition coefficient (Wildman–Crippen LogP) is 0.786. The van der Waals surface area contributed by atoms with Crippen LogP contribution in [0.25, 0.3) is 10.2 Å². The van der Waals surface area contributed by atoms with Gasteiger partial charge < -0.3 is 9.88 Å². The van der Waals surface area contributed by atoms with Crippen LogP contribution in [0.4, 0.5) is 0 Å². The Balaban J connectivity index is 1.45. The van der Waals surface area contributed by atoms with Crippen molar-refractivity contribution in [1.29, 1.82) is 0 Å². The molecule has 0 aliphatic carbocycles. The molecule has 4 rings (SSSR count). The lowest BCUT2D eigenvalue weighted by Gasteiger charge is -2.24. The van der Waals surface area contributed by atoms with Crippen molar-refractivity contribution in [2.45, 2.75) is 32.0 Å². The number of aryl methyl sites for hydroxylation is 1. The Morgan fingerprint density at radius 2 is 2.35 bits per heavy atom. The van der Waals surface area contributed by atoms with Gasteiger partial charge in [-0.05, 0) is 17.9 Å². The summed E-state index contributed by atoms with van der Waals surface area (Å²) < 4.78 is 3.41. The molecule has 8 heteroatoms. The number of hydrogen-bond acceptors (Lipinski definition) is 5. The van der Waals surface area contributed by atoms with Gasteiger partial charge in [0.1, 0.15) is 17.2 Å². The van der Waals surface area contributed by atoms with Crippen molar-refractivity contribution < 1.29 is 4.79 Å². The van der Waals surface area contributed by atoms with E-state index in [-0.39, 0.29) is 24.1 Å². The predicted molar refractivity (Wildman–Crippen MR) is 86.4 cm³/mol. The number of nitrogens with one attached hydrogen (secondary N) is 1. The molecule has 7 nitrogen and oxygen atoms in total. The fourth-order valence-electron chi connectivity index (χ4n) is 2.92. The summed E-state index contributed by atoms with van der Waals surface area (Å²) in [5.41, 5.74) is -0.174. The van der Waals surface area contributed by atoms with E-state index in [0.29, 0.717) is 10.2 Å². The highest BCUT2D eigenvalue weighted by Gasteiger charge is 2.20. The van der Waals surface area contributed by atoms with Gasteiger partial charge in [0.2, 0.25) is 5.91 Å². The van der Waals surface area contributed by atoms with E-state index in [2.05, 4.69) is 19.9 Å². The highest BCUT2D eigenvalue weighted by atomic mass is 32.1. The number of fused-ring (bicyclic) bond motifs is 2. The van der Waals surface area contributed by atoms with Crippen molar-refractivity contribution in [3.8, 4) is 0 Å². The summed E-state index contributed by atoms with van der Waals surface area (Å²) >= 11 is 1.42. The van der Waals surface area contributed by atoms with Gasteiger partial charge in [0.15, 0.2) is 0 Å². The molecule has 1 atom stereocenters. The standard InChI is InChI=1S/C15H15N5O2S/c21-13(18-10-1-2-12-16-4-5-19(12)7-10)8-20-9-17-14-11(15(20)22)3-6-23-14/h3-6,9-10H,1-2,7-8H2,(H,18,21)/t10-/m1/s1. The second-order valence-electron chi connectivity index (χ2n) is 5.62. The topological polar surface area (TPSA) is 81.8 Å². The molecule has 118 valence electrons.